The van der Waals surface area contributed by atoms with Gasteiger partial charge in [0.2, 0.25) is 5.91 Å². The summed E-state index contributed by atoms with van der Waals surface area (Å²) in [6, 6.07) is 8.80. The van der Waals surface area contributed by atoms with Crippen LogP contribution in [0.4, 0.5) is 11.5 Å². The second-order valence-corrected chi connectivity index (χ2v) is 7.02. The van der Waals surface area contributed by atoms with Gasteiger partial charge in [-0.3, -0.25) is 4.79 Å². The van der Waals surface area contributed by atoms with Crippen LogP contribution in [0.5, 0.6) is 5.75 Å². The minimum absolute atomic E-state index is 0.0369. The molecule has 1 fully saturated rings. The first-order chi connectivity index (χ1) is 12.2. The first-order valence-corrected chi connectivity index (χ1v) is 9.12. The highest BCUT2D eigenvalue weighted by atomic mass is 32.1. The molecule has 128 valence electrons. The normalized spacial score (nSPS) is 15.4. The molecule has 0 spiro atoms. The lowest BCUT2D eigenvalue weighted by molar-refractivity contribution is -0.120. The van der Waals surface area contributed by atoms with Crippen LogP contribution >= 0.6 is 11.3 Å². The zero-order chi connectivity index (χ0) is 17.2. The quantitative estimate of drug-likeness (QED) is 0.706. The maximum atomic E-state index is 12.5. The number of carbonyl (C=O) groups excluding carboxylic acids is 1. The van der Waals surface area contributed by atoms with Gasteiger partial charge in [0.15, 0.2) is 0 Å². The Morgan fingerprint density at radius 1 is 1.20 bits per heavy atom. The monoisotopic (exact) mass is 354 g/mol. The fraction of sp³-hybridized carbons (Fsp3) is 0.278. The van der Waals surface area contributed by atoms with Gasteiger partial charge < -0.3 is 15.3 Å². The van der Waals surface area contributed by atoms with Gasteiger partial charge in [0.1, 0.15) is 17.9 Å². The van der Waals surface area contributed by atoms with Crippen molar-refractivity contribution in [1.29, 1.82) is 0 Å². The predicted octanol–water partition coefficient (Wildman–Crippen LogP) is 3.25. The first-order valence-electron chi connectivity index (χ1n) is 8.24. The third-order valence-corrected chi connectivity index (χ3v) is 5.45. The van der Waals surface area contributed by atoms with Gasteiger partial charge in [0.05, 0.1) is 15.9 Å². The molecule has 0 atom stereocenters. The minimum atomic E-state index is -0.0588. The van der Waals surface area contributed by atoms with E-state index in [2.05, 4.69) is 20.2 Å². The van der Waals surface area contributed by atoms with E-state index in [0.29, 0.717) is 5.69 Å². The van der Waals surface area contributed by atoms with E-state index < -0.39 is 0 Å². The Kier molecular flexibility index (Phi) is 4.23. The zero-order valence-corrected chi connectivity index (χ0v) is 14.4. The molecular weight excluding hydrogens is 336 g/mol. The number of fused-ring (bicyclic) bond motifs is 1. The molecule has 0 unspecified atom stereocenters. The van der Waals surface area contributed by atoms with E-state index in [1.807, 2.05) is 11.4 Å². The summed E-state index contributed by atoms with van der Waals surface area (Å²) in [5, 5.41) is 14.6. The standard InChI is InChI=1S/C18H18N4O2S/c23-15-4-2-1-3-13(15)21-18(24)12-5-8-22(9-6-12)17-16-14(7-10-25-16)19-11-20-17/h1-4,7,10-12,23H,5-6,8-9H2,(H,21,24). The molecule has 3 heterocycles. The topological polar surface area (TPSA) is 78.4 Å². The summed E-state index contributed by atoms with van der Waals surface area (Å²) in [7, 11) is 0. The number of carbonyl (C=O) groups is 1. The lowest BCUT2D eigenvalue weighted by Crippen LogP contribution is -2.38. The van der Waals surface area contributed by atoms with Crippen LogP contribution in [0.2, 0.25) is 0 Å². The molecular formula is C18H18N4O2S. The van der Waals surface area contributed by atoms with Gasteiger partial charge in [-0.1, -0.05) is 12.1 Å². The number of anilines is 2. The number of hydrogen-bond acceptors (Lipinski definition) is 6. The molecule has 7 heteroatoms. The number of benzene rings is 1. The summed E-state index contributed by atoms with van der Waals surface area (Å²) < 4.78 is 1.10. The molecule has 0 aliphatic carbocycles. The molecule has 3 aromatic rings. The van der Waals surface area contributed by atoms with Gasteiger partial charge in [-0.15, -0.1) is 11.3 Å². The van der Waals surface area contributed by atoms with Crippen LogP contribution in [0, 0.1) is 5.92 Å². The summed E-state index contributed by atoms with van der Waals surface area (Å²) >= 11 is 1.64. The van der Waals surface area contributed by atoms with Crippen LogP contribution in [0.15, 0.2) is 42.0 Å². The van der Waals surface area contributed by atoms with E-state index in [4.69, 9.17) is 0 Å². The van der Waals surface area contributed by atoms with Crippen LogP contribution < -0.4 is 10.2 Å². The Morgan fingerprint density at radius 2 is 2.00 bits per heavy atom. The van der Waals surface area contributed by atoms with Crippen molar-refractivity contribution >= 4 is 39.0 Å². The van der Waals surface area contributed by atoms with Crippen molar-refractivity contribution in [3.8, 4) is 5.75 Å². The van der Waals surface area contributed by atoms with Gasteiger partial charge in [0.25, 0.3) is 0 Å². The average Bonchev–Trinajstić information content (AvgIpc) is 3.12. The Balaban J connectivity index is 1.42. The van der Waals surface area contributed by atoms with Crippen molar-refractivity contribution in [2.75, 3.05) is 23.3 Å². The Hall–Kier alpha value is -2.67. The highest BCUT2D eigenvalue weighted by Crippen LogP contribution is 2.31. The smallest absolute Gasteiger partial charge is 0.227 e. The fourth-order valence-electron chi connectivity index (χ4n) is 3.17. The maximum absolute atomic E-state index is 12.5. The van der Waals surface area contributed by atoms with E-state index in [1.165, 1.54) is 0 Å². The number of amides is 1. The summed E-state index contributed by atoms with van der Waals surface area (Å²) in [6.45, 7) is 1.56. The molecule has 1 aliphatic rings. The third kappa shape index (κ3) is 3.15. The van der Waals surface area contributed by atoms with Crippen molar-refractivity contribution in [2.45, 2.75) is 12.8 Å². The third-order valence-electron chi connectivity index (χ3n) is 4.55. The average molecular weight is 354 g/mol. The molecule has 0 saturated carbocycles. The van der Waals surface area contributed by atoms with Crippen molar-refractivity contribution in [1.82, 2.24) is 9.97 Å². The maximum Gasteiger partial charge on any atom is 0.227 e. The van der Waals surface area contributed by atoms with Crippen molar-refractivity contribution in [3.63, 3.8) is 0 Å². The molecule has 2 aromatic heterocycles. The number of thiophene rings is 1. The van der Waals surface area contributed by atoms with E-state index in [0.717, 1.165) is 42.0 Å². The second kappa shape index (κ2) is 6.68. The van der Waals surface area contributed by atoms with E-state index in [-0.39, 0.29) is 17.6 Å². The molecule has 1 aliphatic heterocycles. The van der Waals surface area contributed by atoms with Crippen molar-refractivity contribution < 1.29 is 9.90 Å². The highest BCUT2D eigenvalue weighted by Gasteiger charge is 2.27. The van der Waals surface area contributed by atoms with Crippen LogP contribution in [-0.4, -0.2) is 34.1 Å². The number of aromatic nitrogens is 2. The molecule has 1 amide bonds. The largest absolute Gasteiger partial charge is 0.506 e. The predicted molar refractivity (Wildman–Crippen MR) is 99.1 cm³/mol. The van der Waals surface area contributed by atoms with Gasteiger partial charge >= 0.3 is 0 Å². The molecule has 4 rings (SSSR count). The van der Waals surface area contributed by atoms with Crippen LogP contribution in [0.3, 0.4) is 0 Å². The van der Waals surface area contributed by atoms with Crippen LogP contribution in [-0.2, 0) is 4.79 Å². The summed E-state index contributed by atoms with van der Waals surface area (Å²) in [6.07, 6.45) is 3.12. The lowest BCUT2D eigenvalue weighted by atomic mass is 9.95. The van der Waals surface area contributed by atoms with Gasteiger partial charge in [-0.25, -0.2) is 9.97 Å². The van der Waals surface area contributed by atoms with Crippen molar-refractivity contribution in [3.05, 3.63) is 42.0 Å². The molecule has 6 nitrogen and oxygen atoms in total. The van der Waals surface area contributed by atoms with Gasteiger partial charge in [0, 0.05) is 19.0 Å². The molecule has 1 saturated heterocycles. The second-order valence-electron chi connectivity index (χ2n) is 6.10. The Morgan fingerprint density at radius 3 is 2.80 bits per heavy atom. The molecule has 25 heavy (non-hydrogen) atoms. The zero-order valence-electron chi connectivity index (χ0n) is 13.6. The number of rotatable bonds is 3. The number of para-hydroxylation sites is 2. The molecule has 0 bridgehead atoms. The SMILES string of the molecule is O=C(Nc1ccccc1O)C1CCN(c2ncnc3ccsc23)CC1. The van der Waals surface area contributed by atoms with Gasteiger partial charge in [-0.2, -0.15) is 0 Å². The Labute approximate surface area is 149 Å². The summed E-state index contributed by atoms with van der Waals surface area (Å²) in [5.41, 5.74) is 1.43. The number of nitrogens with one attached hydrogen (secondary N) is 1. The molecule has 1 aromatic carbocycles. The number of hydrogen-bond donors (Lipinski definition) is 2. The van der Waals surface area contributed by atoms with E-state index >= 15 is 0 Å². The van der Waals surface area contributed by atoms with E-state index in [9.17, 15) is 9.90 Å². The lowest BCUT2D eigenvalue weighted by Gasteiger charge is -2.32. The molecule has 0 radical (unpaired) electrons. The summed E-state index contributed by atoms with van der Waals surface area (Å²) in [5.74, 6) is 0.954. The summed E-state index contributed by atoms with van der Waals surface area (Å²) in [4.78, 5) is 23.4. The number of nitrogens with zero attached hydrogens (tertiary/aromatic N) is 3. The number of piperidine rings is 1. The highest BCUT2D eigenvalue weighted by molar-refractivity contribution is 7.17. The van der Waals surface area contributed by atoms with Crippen LogP contribution in [0.25, 0.3) is 10.2 Å². The number of phenolic OH excluding ortho intramolecular Hbond substituents is 1. The number of phenols is 1. The van der Waals surface area contributed by atoms with Gasteiger partial charge in [-0.05, 0) is 36.4 Å². The fourth-order valence-corrected chi connectivity index (χ4v) is 4.03. The van der Waals surface area contributed by atoms with Crippen molar-refractivity contribution in [2.24, 2.45) is 5.92 Å². The number of aromatic hydroxyl groups is 1. The van der Waals surface area contributed by atoms with E-state index in [1.54, 1.807) is 41.9 Å². The minimum Gasteiger partial charge on any atom is -0.506 e. The molecule has 2 N–H and O–H groups in total. The van der Waals surface area contributed by atoms with Crippen LogP contribution in [0.1, 0.15) is 12.8 Å². The first kappa shape index (κ1) is 15.8. The Bertz CT molecular complexity index is 903.